The van der Waals surface area contributed by atoms with Gasteiger partial charge in [0.1, 0.15) is 5.82 Å². The van der Waals surface area contributed by atoms with Gasteiger partial charge in [0.15, 0.2) is 0 Å². The number of rotatable bonds is 5. The Morgan fingerprint density at radius 3 is 2.55 bits per heavy atom. The van der Waals surface area contributed by atoms with Crippen LogP contribution in [0.4, 0.5) is 10.1 Å². The minimum atomic E-state index is -3.81. The summed E-state index contributed by atoms with van der Waals surface area (Å²) >= 11 is 0. The van der Waals surface area contributed by atoms with Gasteiger partial charge in [0, 0.05) is 11.3 Å². The highest BCUT2D eigenvalue weighted by Crippen LogP contribution is 2.31. The van der Waals surface area contributed by atoms with E-state index in [0.717, 1.165) is 0 Å². The van der Waals surface area contributed by atoms with Crippen molar-refractivity contribution < 1.29 is 22.3 Å². The van der Waals surface area contributed by atoms with Crippen LogP contribution in [0.25, 0.3) is 0 Å². The van der Waals surface area contributed by atoms with Gasteiger partial charge < -0.3 is 10.1 Å². The molecule has 1 aromatic rings. The number of aryl methyl sites for hydroxylation is 1. The van der Waals surface area contributed by atoms with Crippen molar-refractivity contribution >= 4 is 21.6 Å². The van der Waals surface area contributed by atoms with E-state index in [1.165, 1.54) is 18.2 Å². The Kier molecular flexibility index (Phi) is 5.98. The number of anilines is 1. The quantitative estimate of drug-likeness (QED) is 0.762. The first kappa shape index (κ1) is 21.7. The topological polar surface area (TPSA) is 84.5 Å². The van der Waals surface area contributed by atoms with E-state index in [1.807, 2.05) is 6.92 Å². The molecule has 2 aliphatic rings. The molecule has 6 nitrogen and oxygen atoms in total. The summed E-state index contributed by atoms with van der Waals surface area (Å²) in [7, 11) is -3.81. The van der Waals surface area contributed by atoms with E-state index in [4.69, 9.17) is 4.74 Å². The number of sulfonamides is 1. The van der Waals surface area contributed by atoms with Gasteiger partial charge in [0.2, 0.25) is 10.0 Å². The lowest BCUT2D eigenvalue weighted by Gasteiger charge is -2.38. The lowest BCUT2D eigenvalue weighted by Crippen LogP contribution is -2.59. The van der Waals surface area contributed by atoms with E-state index in [9.17, 15) is 17.6 Å². The molecule has 0 radical (unpaired) electrons. The fraction of sp³-hybridized carbons (Fsp3) is 0.476. The molecule has 1 heterocycles. The smallest absolute Gasteiger partial charge is 0.251 e. The van der Waals surface area contributed by atoms with Crippen molar-refractivity contribution in [1.82, 2.24) is 4.72 Å². The van der Waals surface area contributed by atoms with Crippen molar-refractivity contribution in [3.05, 3.63) is 51.7 Å². The molecule has 0 spiro atoms. The van der Waals surface area contributed by atoms with Crippen LogP contribution < -0.4 is 10.0 Å². The molecule has 1 aliphatic carbocycles. The third kappa shape index (κ3) is 4.76. The number of carbonyl (C=O) groups is 1. The molecule has 1 unspecified atom stereocenters. The van der Waals surface area contributed by atoms with Gasteiger partial charge in [-0.25, -0.2) is 17.5 Å². The molecule has 8 heteroatoms. The molecule has 0 aromatic heterocycles. The number of benzene rings is 1. The predicted octanol–water partition coefficient (Wildman–Crippen LogP) is 3.41. The standard InChI is InChI=1S/C21H27FN2O4S/c1-13-5-6-14(2)19(29(26,27)24-21(4)11-28-12-21)10-17(13)20(25)23-16-7-8-18(22)15(3)9-16/h7-10,13,24H,5-6,11-12H2,1-4H3,(H,23,25). The summed E-state index contributed by atoms with van der Waals surface area (Å²) in [4.78, 5) is 13.1. The second-order valence-corrected chi connectivity index (χ2v) is 9.91. The van der Waals surface area contributed by atoms with Crippen molar-refractivity contribution in [3.8, 4) is 0 Å². The Balaban J connectivity index is 1.90. The Labute approximate surface area is 171 Å². The minimum absolute atomic E-state index is 0.123. The maximum Gasteiger partial charge on any atom is 0.251 e. The molecule has 0 bridgehead atoms. The van der Waals surface area contributed by atoms with E-state index in [0.29, 0.717) is 48.5 Å². The van der Waals surface area contributed by atoms with Crippen LogP contribution in [-0.4, -0.2) is 33.1 Å². The first-order valence-electron chi connectivity index (χ1n) is 9.61. The summed E-state index contributed by atoms with van der Waals surface area (Å²) in [6.45, 7) is 7.72. The van der Waals surface area contributed by atoms with Crippen LogP contribution in [0.2, 0.25) is 0 Å². The van der Waals surface area contributed by atoms with E-state index in [1.54, 1.807) is 26.8 Å². The highest BCUT2D eigenvalue weighted by molar-refractivity contribution is 7.93. The third-order valence-electron chi connectivity index (χ3n) is 5.38. The molecule has 158 valence electrons. The summed E-state index contributed by atoms with van der Waals surface area (Å²) in [5.41, 5.74) is 1.36. The van der Waals surface area contributed by atoms with Crippen LogP contribution >= 0.6 is 0 Å². The Morgan fingerprint density at radius 2 is 1.97 bits per heavy atom. The SMILES string of the molecule is CC1=C(S(=O)(=O)NC2(C)COC2)C=C(C(=O)Nc2ccc(F)c(C)c2)C(C)CC1. The summed E-state index contributed by atoms with van der Waals surface area (Å²) in [6.07, 6.45) is 2.71. The number of hydrogen-bond acceptors (Lipinski definition) is 4. The molecular formula is C21H27FN2O4S. The first-order valence-corrected chi connectivity index (χ1v) is 11.1. The fourth-order valence-electron chi connectivity index (χ4n) is 3.49. The zero-order valence-electron chi connectivity index (χ0n) is 17.1. The second kappa shape index (κ2) is 8.01. The molecular weight excluding hydrogens is 395 g/mol. The number of nitrogens with one attached hydrogen (secondary N) is 2. The van der Waals surface area contributed by atoms with Crippen molar-refractivity contribution in [2.45, 2.75) is 46.1 Å². The lowest BCUT2D eigenvalue weighted by atomic mass is 9.96. The van der Waals surface area contributed by atoms with Crippen LogP contribution in [0.1, 0.15) is 39.2 Å². The Morgan fingerprint density at radius 1 is 1.28 bits per heavy atom. The van der Waals surface area contributed by atoms with E-state index >= 15 is 0 Å². The van der Waals surface area contributed by atoms with Crippen LogP contribution in [0.15, 0.2) is 40.3 Å². The average molecular weight is 423 g/mol. The van der Waals surface area contributed by atoms with E-state index < -0.39 is 15.6 Å². The second-order valence-electron chi connectivity index (χ2n) is 8.26. The third-order valence-corrected chi connectivity index (χ3v) is 7.19. The molecule has 2 N–H and O–H groups in total. The fourth-order valence-corrected chi connectivity index (χ4v) is 5.21. The Bertz CT molecular complexity index is 994. The monoisotopic (exact) mass is 422 g/mol. The summed E-state index contributed by atoms with van der Waals surface area (Å²) < 4.78 is 47.4. The van der Waals surface area contributed by atoms with E-state index in [-0.39, 0.29) is 22.5 Å². The number of carbonyl (C=O) groups excluding carboxylic acids is 1. The van der Waals surface area contributed by atoms with Crippen molar-refractivity contribution in [2.75, 3.05) is 18.5 Å². The van der Waals surface area contributed by atoms with Crippen molar-refractivity contribution in [2.24, 2.45) is 5.92 Å². The molecule has 1 fully saturated rings. The zero-order valence-corrected chi connectivity index (χ0v) is 18.0. The van der Waals surface area contributed by atoms with Crippen LogP contribution in [0, 0.1) is 18.7 Å². The maximum absolute atomic E-state index is 13.5. The van der Waals surface area contributed by atoms with Gasteiger partial charge in [0.25, 0.3) is 5.91 Å². The number of halogens is 1. The largest absolute Gasteiger partial charge is 0.377 e. The highest BCUT2D eigenvalue weighted by Gasteiger charge is 2.39. The predicted molar refractivity (Wildman–Crippen MR) is 110 cm³/mol. The minimum Gasteiger partial charge on any atom is -0.377 e. The average Bonchev–Trinajstić information content (AvgIpc) is 2.76. The zero-order chi connectivity index (χ0) is 21.4. The van der Waals surface area contributed by atoms with Gasteiger partial charge in [-0.3, -0.25) is 4.79 Å². The number of hydrogen-bond donors (Lipinski definition) is 2. The molecule has 1 saturated heterocycles. The molecule has 3 rings (SSSR count). The van der Waals surface area contributed by atoms with Gasteiger partial charge >= 0.3 is 0 Å². The summed E-state index contributed by atoms with van der Waals surface area (Å²) in [6, 6.07) is 4.33. The van der Waals surface area contributed by atoms with Gasteiger partial charge in [-0.1, -0.05) is 12.5 Å². The van der Waals surface area contributed by atoms with E-state index in [2.05, 4.69) is 10.0 Å². The Hall–Kier alpha value is -2.03. The van der Waals surface area contributed by atoms with Gasteiger partial charge in [-0.2, -0.15) is 0 Å². The van der Waals surface area contributed by atoms with Crippen LogP contribution in [0.5, 0.6) is 0 Å². The molecule has 1 amide bonds. The number of amides is 1. The van der Waals surface area contributed by atoms with Crippen LogP contribution in [0.3, 0.4) is 0 Å². The molecule has 0 saturated carbocycles. The summed E-state index contributed by atoms with van der Waals surface area (Å²) in [5, 5.41) is 2.76. The van der Waals surface area contributed by atoms with Gasteiger partial charge in [0.05, 0.1) is 23.7 Å². The maximum atomic E-state index is 13.5. The number of ether oxygens (including phenoxy) is 1. The molecule has 1 aliphatic heterocycles. The molecule has 29 heavy (non-hydrogen) atoms. The lowest BCUT2D eigenvalue weighted by molar-refractivity contribution is -0.113. The summed E-state index contributed by atoms with van der Waals surface area (Å²) in [5.74, 6) is -0.859. The first-order chi connectivity index (χ1) is 13.5. The van der Waals surface area contributed by atoms with Gasteiger partial charge in [-0.05, 0) is 69.4 Å². The van der Waals surface area contributed by atoms with Gasteiger partial charge in [-0.15, -0.1) is 0 Å². The van der Waals surface area contributed by atoms with Crippen LogP contribution in [-0.2, 0) is 19.6 Å². The van der Waals surface area contributed by atoms with Crippen molar-refractivity contribution in [3.63, 3.8) is 0 Å². The van der Waals surface area contributed by atoms with Crippen molar-refractivity contribution in [1.29, 1.82) is 0 Å². The highest BCUT2D eigenvalue weighted by atomic mass is 32.2. The molecule has 1 atom stereocenters. The number of allylic oxidation sites excluding steroid dienone is 2. The molecule has 1 aromatic carbocycles. The normalized spacial score (nSPS) is 21.8.